The van der Waals surface area contributed by atoms with Gasteiger partial charge in [0.05, 0.1) is 11.3 Å². The number of carbonyl (C=O) groups is 1. The molecule has 92 valence electrons. The molecule has 1 unspecified atom stereocenters. The first-order valence-electron chi connectivity index (χ1n) is 5.90. The minimum Gasteiger partial charge on any atom is -0.478 e. The highest BCUT2D eigenvalue weighted by atomic mass is 16.4. The van der Waals surface area contributed by atoms with Crippen LogP contribution in [0.4, 0.5) is 5.69 Å². The molecule has 0 saturated carbocycles. The second-order valence-electron chi connectivity index (χ2n) is 4.66. The van der Waals surface area contributed by atoms with Crippen LogP contribution in [-0.4, -0.2) is 30.7 Å². The first-order chi connectivity index (χ1) is 8.11. The Morgan fingerprint density at radius 2 is 2.35 bits per heavy atom. The standard InChI is InChI=1S/C13H18N2O2/c1-9-2-3-12(11(6-9)13(16)17)15-5-4-10(7-14)8-15/h2-3,6,10H,4-5,7-8,14H2,1H3,(H,16,17). The molecule has 0 spiro atoms. The number of aromatic carboxylic acids is 1. The SMILES string of the molecule is Cc1ccc(N2CCC(CN)C2)c(C(=O)O)c1. The van der Waals surface area contributed by atoms with Gasteiger partial charge in [0, 0.05) is 13.1 Å². The molecule has 1 fully saturated rings. The molecule has 0 bridgehead atoms. The lowest BCUT2D eigenvalue weighted by atomic mass is 10.1. The van der Waals surface area contributed by atoms with Crippen molar-refractivity contribution in [3.63, 3.8) is 0 Å². The third kappa shape index (κ3) is 2.42. The molecular weight excluding hydrogens is 216 g/mol. The summed E-state index contributed by atoms with van der Waals surface area (Å²) in [7, 11) is 0. The fourth-order valence-corrected chi connectivity index (χ4v) is 2.34. The van der Waals surface area contributed by atoms with E-state index < -0.39 is 5.97 Å². The van der Waals surface area contributed by atoms with E-state index in [1.807, 2.05) is 19.1 Å². The smallest absolute Gasteiger partial charge is 0.337 e. The molecule has 1 aromatic carbocycles. The van der Waals surface area contributed by atoms with Crippen molar-refractivity contribution < 1.29 is 9.90 Å². The summed E-state index contributed by atoms with van der Waals surface area (Å²) >= 11 is 0. The van der Waals surface area contributed by atoms with E-state index in [-0.39, 0.29) is 0 Å². The van der Waals surface area contributed by atoms with Crippen molar-refractivity contribution in [3.8, 4) is 0 Å². The molecule has 3 N–H and O–H groups in total. The Hall–Kier alpha value is -1.55. The fourth-order valence-electron chi connectivity index (χ4n) is 2.34. The predicted molar refractivity (Wildman–Crippen MR) is 67.5 cm³/mol. The van der Waals surface area contributed by atoms with Gasteiger partial charge in [-0.25, -0.2) is 4.79 Å². The van der Waals surface area contributed by atoms with Gasteiger partial charge in [0.2, 0.25) is 0 Å². The topological polar surface area (TPSA) is 66.6 Å². The van der Waals surface area contributed by atoms with Crippen LogP contribution in [0.15, 0.2) is 18.2 Å². The first-order valence-corrected chi connectivity index (χ1v) is 5.90. The molecule has 1 saturated heterocycles. The molecule has 1 aliphatic rings. The van der Waals surface area contributed by atoms with Crippen LogP contribution in [0.25, 0.3) is 0 Å². The van der Waals surface area contributed by atoms with Gasteiger partial charge in [0.1, 0.15) is 0 Å². The minimum absolute atomic E-state index is 0.391. The van der Waals surface area contributed by atoms with E-state index in [2.05, 4.69) is 4.90 Å². The van der Waals surface area contributed by atoms with Crippen LogP contribution in [0.5, 0.6) is 0 Å². The summed E-state index contributed by atoms with van der Waals surface area (Å²) in [6.45, 7) is 4.33. The molecule has 17 heavy (non-hydrogen) atoms. The summed E-state index contributed by atoms with van der Waals surface area (Å²) < 4.78 is 0. The van der Waals surface area contributed by atoms with E-state index in [0.717, 1.165) is 30.8 Å². The maximum atomic E-state index is 11.2. The average molecular weight is 234 g/mol. The monoisotopic (exact) mass is 234 g/mol. The summed E-state index contributed by atoms with van der Waals surface area (Å²) in [6, 6.07) is 5.59. The highest BCUT2D eigenvalue weighted by molar-refractivity contribution is 5.94. The molecule has 0 aliphatic carbocycles. The Bertz CT molecular complexity index is 431. The fraction of sp³-hybridized carbons (Fsp3) is 0.462. The van der Waals surface area contributed by atoms with E-state index in [4.69, 9.17) is 5.73 Å². The van der Waals surface area contributed by atoms with Gasteiger partial charge >= 0.3 is 5.97 Å². The van der Waals surface area contributed by atoms with Gasteiger partial charge < -0.3 is 15.7 Å². The third-order valence-electron chi connectivity index (χ3n) is 3.34. The second-order valence-corrected chi connectivity index (χ2v) is 4.66. The molecule has 2 rings (SSSR count). The Balaban J connectivity index is 2.29. The minimum atomic E-state index is -0.861. The van der Waals surface area contributed by atoms with Crippen molar-refractivity contribution in [1.82, 2.24) is 0 Å². The Labute approximate surface area is 101 Å². The zero-order valence-corrected chi connectivity index (χ0v) is 10.0. The number of anilines is 1. The van der Waals surface area contributed by atoms with Gasteiger partial charge in [-0.05, 0) is 37.9 Å². The Kier molecular flexibility index (Phi) is 3.33. The van der Waals surface area contributed by atoms with Crippen molar-refractivity contribution in [2.45, 2.75) is 13.3 Å². The molecule has 1 atom stereocenters. The van der Waals surface area contributed by atoms with Gasteiger partial charge in [-0.1, -0.05) is 11.6 Å². The normalized spacial score (nSPS) is 19.6. The second kappa shape index (κ2) is 4.75. The molecule has 1 heterocycles. The van der Waals surface area contributed by atoms with E-state index in [1.54, 1.807) is 6.07 Å². The number of hydrogen-bond acceptors (Lipinski definition) is 3. The van der Waals surface area contributed by atoms with Crippen LogP contribution in [0, 0.1) is 12.8 Å². The highest BCUT2D eigenvalue weighted by Gasteiger charge is 2.24. The number of nitrogens with zero attached hydrogens (tertiary/aromatic N) is 1. The van der Waals surface area contributed by atoms with E-state index in [1.165, 1.54) is 0 Å². The van der Waals surface area contributed by atoms with Crippen molar-refractivity contribution in [2.75, 3.05) is 24.5 Å². The molecule has 1 aromatic rings. The number of aryl methyl sites for hydroxylation is 1. The van der Waals surface area contributed by atoms with Gasteiger partial charge in [-0.3, -0.25) is 0 Å². The number of carboxylic acids is 1. The van der Waals surface area contributed by atoms with Crippen LogP contribution in [0.2, 0.25) is 0 Å². The summed E-state index contributed by atoms with van der Waals surface area (Å²) in [6.07, 6.45) is 1.05. The highest BCUT2D eigenvalue weighted by Crippen LogP contribution is 2.27. The largest absolute Gasteiger partial charge is 0.478 e. The average Bonchev–Trinajstić information content (AvgIpc) is 2.77. The summed E-state index contributed by atoms with van der Waals surface area (Å²) in [5.41, 5.74) is 7.84. The summed E-state index contributed by atoms with van der Waals surface area (Å²) in [4.78, 5) is 13.4. The number of benzene rings is 1. The van der Waals surface area contributed by atoms with E-state index >= 15 is 0 Å². The first kappa shape index (κ1) is 11.9. The molecule has 4 nitrogen and oxygen atoms in total. The zero-order chi connectivity index (χ0) is 12.4. The lowest BCUT2D eigenvalue weighted by Gasteiger charge is -2.21. The molecule has 0 radical (unpaired) electrons. The number of carboxylic acid groups (broad SMARTS) is 1. The number of rotatable bonds is 3. The van der Waals surface area contributed by atoms with Gasteiger partial charge in [0.15, 0.2) is 0 Å². The van der Waals surface area contributed by atoms with Crippen LogP contribution >= 0.6 is 0 Å². The molecule has 4 heteroatoms. The number of nitrogens with two attached hydrogens (primary N) is 1. The van der Waals surface area contributed by atoms with Crippen LogP contribution in [0.1, 0.15) is 22.3 Å². The van der Waals surface area contributed by atoms with Gasteiger partial charge in [-0.2, -0.15) is 0 Å². The summed E-state index contributed by atoms with van der Waals surface area (Å²) in [5.74, 6) is -0.377. The van der Waals surface area contributed by atoms with Crippen molar-refractivity contribution in [2.24, 2.45) is 11.7 Å². The van der Waals surface area contributed by atoms with Gasteiger partial charge in [0.25, 0.3) is 0 Å². The maximum Gasteiger partial charge on any atom is 0.337 e. The predicted octanol–water partition coefficient (Wildman–Crippen LogP) is 1.48. The van der Waals surface area contributed by atoms with Crippen LogP contribution in [0.3, 0.4) is 0 Å². The van der Waals surface area contributed by atoms with E-state index in [0.29, 0.717) is 18.0 Å². The lowest BCUT2D eigenvalue weighted by Crippen LogP contribution is -2.24. The third-order valence-corrected chi connectivity index (χ3v) is 3.34. The maximum absolute atomic E-state index is 11.2. The molecule has 0 aromatic heterocycles. The van der Waals surface area contributed by atoms with Crippen molar-refractivity contribution >= 4 is 11.7 Å². The van der Waals surface area contributed by atoms with Crippen LogP contribution in [-0.2, 0) is 0 Å². The lowest BCUT2D eigenvalue weighted by molar-refractivity contribution is 0.0697. The molecule has 0 amide bonds. The zero-order valence-electron chi connectivity index (χ0n) is 10.0. The Morgan fingerprint density at radius 1 is 1.59 bits per heavy atom. The van der Waals surface area contributed by atoms with E-state index in [9.17, 15) is 9.90 Å². The van der Waals surface area contributed by atoms with Crippen LogP contribution < -0.4 is 10.6 Å². The quantitative estimate of drug-likeness (QED) is 0.831. The Morgan fingerprint density at radius 3 is 2.94 bits per heavy atom. The van der Waals surface area contributed by atoms with Gasteiger partial charge in [-0.15, -0.1) is 0 Å². The van der Waals surface area contributed by atoms with Crippen molar-refractivity contribution in [1.29, 1.82) is 0 Å². The number of hydrogen-bond donors (Lipinski definition) is 2. The molecule has 1 aliphatic heterocycles. The summed E-state index contributed by atoms with van der Waals surface area (Å²) in [5, 5.41) is 9.22. The molecular formula is C13H18N2O2. The van der Waals surface area contributed by atoms with Crippen molar-refractivity contribution in [3.05, 3.63) is 29.3 Å².